The minimum atomic E-state index is -0.807. The maximum Gasteiger partial charge on any atom is 0.306 e. The number of carbonyl (C=O) groups is 3. The molecule has 0 aliphatic heterocycles. The van der Waals surface area contributed by atoms with Crippen molar-refractivity contribution in [1.82, 2.24) is 0 Å². The van der Waals surface area contributed by atoms with Crippen LogP contribution in [-0.2, 0) is 28.6 Å². The molecule has 0 saturated carbocycles. The zero-order chi connectivity index (χ0) is 57.8. The first-order valence-electron chi connectivity index (χ1n) is 33.5. The molecule has 0 saturated heterocycles. The van der Waals surface area contributed by atoms with Crippen molar-refractivity contribution >= 4 is 17.9 Å². The Morgan fingerprint density at radius 2 is 0.500 bits per heavy atom. The summed E-state index contributed by atoms with van der Waals surface area (Å²) in [5, 5.41) is 0. The van der Waals surface area contributed by atoms with Crippen LogP contribution in [0.5, 0.6) is 0 Å². The molecule has 0 aromatic rings. The fraction of sp³-hybridized carbons (Fsp3) is 0.689. The van der Waals surface area contributed by atoms with Gasteiger partial charge in [0.15, 0.2) is 6.10 Å². The maximum absolute atomic E-state index is 12.9. The summed E-state index contributed by atoms with van der Waals surface area (Å²) in [4.78, 5) is 38.3. The van der Waals surface area contributed by atoms with Crippen molar-refractivity contribution in [3.8, 4) is 0 Å². The minimum Gasteiger partial charge on any atom is -0.462 e. The van der Waals surface area contributed by atoms with Gasteiger partial charge in [0.25, 0.3) is 0 Å². The van der Waals surface area contributed by atoms with Gasteiger partial charge >= 0.3 is 17.9 Å². The summed E-state index contributed by atoms with van der Waals surface area (Å²) in [5.41, 5.74) is 0. The summed E-state index contributed by atoms with van der Waals surface area (Å²) in [7, 11) is 0. The van der Waals surface area contributed by atoms with E-state index in [4.69, 9.17) is 14.2 Å². The molecule has 0 aromatic carbocycles. The number of hydrogen-bond acceptors (Lipinski definition) is 6. The topological polar surface area (TPSA) is 78.9 Å². The van der Waals surface area contributed by atoms with E-state index in [1.165, 1.54) is 154 Å². The van der Waals surface area contributed by atoms with Gasteiger partial charge in [-0.1, -0.05) is 309 Å². The van der Waals surface area contributed by atoms with Gasteiger partial charge in [-0.2, -0.15) is 0 Å². The Labute approximate surface area is 494 Å². The van der Waals surface area contributed by atoms with Gasteiger partial charge in [0, 0.05) is 19.3 Å². The highest BCUT2D eigenvalue weighted by Gasteiger charge is 2.19. The Hall–Kier alpha value is -4.19. The fourth-order valence-electron chi connectivity index (χ4n) is 9.27. The zero-order valence-corrected chi connectivity index (χ0v) is 52.3. The molecule has 0 rings (SSSR count). The lowest BCUT2D eigenvalue weighted by Gasteiger charge is -2.18. The smallest absolute Gasteiger partial charge is 0.306 e. The summed E-state index contributed by atoms with van der Waals surface area (Å²) >= 11 is 0. The lowest BCUT2D eigenvalue weighted by Crippen LogP contribution is -2.30. The van der Waals surface area contributed by atoms with E-state index in [1.807, 2.05) is 0 Å². The van der Waals surface area contributed by atoms with Crippen molar-refractivity contribution < 1.29 is 28.6 Å². The number of rotatable bonds is 60. The molecule has 0 amide bonds. The van der Waals surface area contributed by atoms with Crippen LogP contribution in [0.2, 0.25) is 0 Å². The molecule has 0 aromatic heterocycles. The van der Waals surface area contributed by atoms with Gasteiger partial charge in [-0.05, 0) is 103 Å². The van der Waals surface area contributed by atoms with Gasteiger partial charge in [0.1, 0.15) is 13.2 Å². The summed E-state index contributed by atoms with van der Waals surface area (Å²) in [6.07, 6.45) is 93.8. The maximum atomic E-state index is 12.9. The van der Waals surface area contributed by atoms with Gasteiger partial charge < -0.3 is 14.2 Å². The predicted octanol–water partition coefficient (Wildman–Crippen LogP) is 23.2. The van der Waals surface area contributed by atoms with Gasteiger partial charge in [-0.25, -0.2) is 0 Å². The zero-order valence-electron chi connectivity index (χ0n) is 52.3. The number of ether oxygens (including phenoxy) is 3. The molecule has 0 N–H and O–H groups in total. The summed E-state index contributed by atoms with van der Waals surface area (Å²) in [6.45, 7) is 6.38. The quantitative estimate of drug-likeness (QED) is 0.0261. The molecule has 6 heteroatoms. The summed E-state index contributed by atoms with van der Waals surface area (Å²) in [5.74, 6) is -0.948. The standard InChI is InChI=1S/C74H124O6/c1-4-7-10-13-16-19-22-25-27-29-30-31-32-33-34-35-36-37-38-39-40-41-42-43-44-46-47-49-52-55-58-61-64-67-73(76)79-70-71(69-78-72(75)66-63-60-57-54-51-24-21-18-15-12-9-6-3)80-74(77)68-65-62-59-56-53-50-48-45-28-26-23-20-17-14-11-8-5-2/h7-8,10-11,16-17,19-20,25-28,30-31,33-34,48,50,56,59,71H,4-6,9,12-15,18,21-24,29,32,35-47,49,51-55,57-58,60-70H2,1-3H3/b10-7-,11-8-,19-16-,20-17-,27-25-,28-26-,31-30-,34-33-,50-48-,59-56-. The Morgan fingerprint density at radius 3 is 0.800 bits per heavy atom. The molecule has 80 heavy (non-hydrogen) atoms. The Kier molecular flexibility index (Phi) is 63.8. The lowest BCUT2D eigenvalue weighted by atomic mass is 10.0. The number of unbranched alkanes of at least 4 members (excludes halogenated alkanes) is 29. The Bertz CT molecular complexity index is 1650. The third-order valence-electron chi connectivity index (χ3n) is 14.2. The second kappa shape index (κ2) is 67.3. The highest BCUT2D eigenvalue weighted by atomic mass is 16.6. The molecule has 6 nitrogen and oxygen atoms in total. The van der Waals surface area contributed by atoms with Crippen molar-refractivity contribution in [2.24, 2.45) is 0 Å². The van der Waals surface area contributed by atoms with Crippen molar-refractivity contribution in [1.29, 1.82) is 0 Å². The van der Waals surface area contributed by atoms with Gasteiger partial charge in [-0.15, -0.1) is 0 Å². The number of hydrogen-bond donors (Lipinski definition) is 0. The number of esters is 3. The first-order chi connectivity index (χ1) is 39.5. The average molecular weight is 1110 g/mol. The molecule has 0 fully saturated rings. The van der Waals surface area contributed by atoms with Crippen molar-refractivity contribution in [2.75, 3.05) is 13.2 Å². The van der Waals surface area contributed by atoms with Crippen LogP contribution in [0.1, 0.15) is 310 Å². The molecule has 0 heterocycles. The third-order valence-corrected chi connectivity index (χ3v) is 14.2. The van der Waals surface area contributed by atoms with E-state index in [1.54, 1.807) is 0 Å². The molecule has 0 bridgehead atoms. The normalized spacial score (nSPS) is 12.9. The highest BCUT2D eigenvalue weighted by molar-refractivity contribution is 5.71. The minimum absolute atomic E-state index is 0.0980. The van der Waals surface area contributed by atoms with Gasteiger partial charge in [-0.3, -0.25) is 14.4 Å². The second-order valence-corrected chi connectivity index (χ2v) is 22.0. The van der Waals surface area contributed by atoms with E-state index in [0.717, 1.165) is 109 Å². The van der Waals surface area contributed by atoms with E-state index in [0.29, 0.717) is 19.3 Å². The largest absolute Gasteiger partial charge is 0.462 e. The van der Waals surface area contributed by atoms with Crippen molar-refractivity contribution in [3.63, 3.8) is 0 Å². The van der Waals surface area contributed by atoms with Crippen molar-refractivity contribution in [2.45, 2.75) is 316 Å². The summed E-state index contributed by atoms with van der Waals surface area (Å²) in [6, 6.07) is 0. The Morgan fingerprint density at radius 1 is 0.263 bits per heavy atom. The van der Waals surface area contributed by atoms with Crippen molar-refractivity contribution in [3.05, 3.63) is 122 Å². The monoisotopic (exact) mass is 1110 g/mol. The summed E-state index contributed by atoms with van der Waals surface area (Å²) < 4.78 is 16.9. The average Bonchev–Trinajstić information content (AvgIpc) is 3.46. The van der Waals surface area contributed by atoms with Crippen LogP contribution in [-0.4, -0.2) is 37.2 Å². The molecule has 0 spiro atoms. The molecule has 1 atom stereocenters. The van der Waals surface area contributed by atoms with Crippen LogP contribution in [0.25, 0.3) is 0 Å². The molecule has 0 aliphatic rings. The highest BCUT2D eigenvalue weighted by Crippen LogP contribution is 2.17. The first kappa shape index (κ1) is 75.8. The van der Waals surface area contributed by atoms with Crippen LogP contribution in [0, 0.1) is 0 Å². The van der Waals surface area contributed by atoms with Crippen LogP contribution in [0.4, 0.5) is 0 Å². The van der Waals surface area contributed by atoms with E-state index in [2.05, 4.69) is 142 Å². The fourth-order valence-corrected chi connectivity index (χ4v) is 9.27. The molecule has 0 radical (unpaired) electrons. The number of carbonyl (C=O) groups excluding carboxylic acids is 3. The SMILES string of the molecule is CC/C=C\C/C=C\C/C=C\C/C=C\C/C=C\CCCCCCCCCCCCCCCCCCCC(=O)OCC(COC(=O)CCCCCCCCCCCCCC)OC(=O)CCC/C=C\C/C=C\C/C=C\C/C=C\C/C=C\CC. The molecule has 456 valence electrons. The van der Waals surface area contributed by atoms with Gasteiger partial charge in [0.2, 0.25) is 0 Å². The Balaban J connectivity index is 4.21. The second-order valence-electron chi connectivity index (χ2n) is 22.0. The van der Waals surface area contributed by atoms with Crippen LogP contribution >= 0.6 is 0 Å². The van der Waals surface area contributed by atoms with E-state index >= 15 is 0 Å². The van der Waals surface area contributed by atoms with E-state index in [-0.39, 0.29) is 37.5 Å². The van der Waals surface area contributed by atoms with E-state index < -0.39 is 6.10 Å². The van der Waals surface area contributed by atoms with Gasteiger partial charge in [0.05, 0.1) is 0 Å². The van der Waals surface area contributed by atoms with E-state index in [9.17, 15) is 14.4 Å². The predicted molar refractivity (Wildman–Crippen MR) is 348 cm³/mol. The molecular formula is C74H124O6. The number of allylic oxidation sites excluding steroid dienone is 20. The van der Waals surface area contributed by atoms with Crippen LogP contribution < -0.4 is 0 Å². The third kappa shape index (κ3) is 64.6. The lowest BCUT2D eigenvalue weighted by molar-refractivity contribution is -0.167. The first-order valence-corrected chi connectivity index (χ1v) is 33.5. The molecule has 1 unspecified atom stereocenters. The van der Waals surface area contributed by atoms with Crippen LogP contribution in [0.15, 0.2) is 122 Å². The molecular weight excluding hydrogens is 985 g/mol. The molecule has 0 aliphatic carbocycles. The van der Waals surface area contributed by atoms with Crippen LogP contribution in [0.3, 0.4) is 0 Å².